The molecule has 33 heavy (non-hydrogen) atoms. The van der Waals surface area contributed by atoms with Gasteiger partial charge < -0.3 is 15.2 Å². The van der Waals surface area contributed by atoms with Crippen LogP contribution in [0, 0.1) is 5.82 Å². The molecule has 1 aromatic carbocycles. The molecule has 1 aromatic heterocycles. The number of piperazine rings is 1. The fraction of sp³-hybridized carbons (Fsp3) is 0.600. The average Bonchev–Trinajstić information content (AvgIpc) is 3.34. The summed E-state index contributed by atoms with van der Waals surface area (Å²) < 4.78 is 14.0. The van der Waals surface area contributed by atoms with Gasteiger partial charge in [0.1, 0.15) is 5.82 Å². The lowest BCUT2D eigenvalue weighted by atomic mass is 10.00. The van der Waals surface area contributed by atoms with Crippen LogP contribution >= 0.6 is 0 Å². The molecule has 0 spiro atoms. The minimum atomic E-state index is -0.457. The van der Waals surface area contributed by atoms with Crippen molar-refractivity contribution in [1.29, 1.82) is 0 Å². The summed E-state index contributed by atoms with van der Waals surface area (Å²) in [5, 5.41) is 3.57. The number of pyridine rings is 1. The fourth-order valence-corrected chi connectivity index (χ4v) is 6.15. The first kappa shape index (κ1) is 22.3. The average molecular weight is 456 g/mol. The van der Waals surface area contributed by atoms with Gasteiger partial charge in [-0.15, -0.1) is 0 Å². The Balaban J connectivity index is 1.15. The fourth-order valence-electron chi connectivity index (χ4n) is 6.15. The quantitative estimate of drug-likeness (QED) is 0.747. The van der Waals surface area contributed by atoms with Gasteiger partial charge in [-0.3, -0.25) is 14.6 Å². The van der Waals surface area contributed by atoms with Crippen LogP contribution in [0.25, 0.3) is 10.8 Å². The van der Waals surface area contributed by atoms with Crippen LogP contribution in [0.3, 0.4) is 0 Å². The van der Waals surface area contributed by atoms with Crippen molar-refractivity contribution in [2.24, 2.45) is 0 Å². The van der Waals surface area contributed by atoms with Gasteiger partial charge in [0.15, 0.2) is 0 Å². The van der Waals surface area contributed by atoms with Gasteiger partial charge in [-0.1, -0.05) is 12.1 Å². The molecule has 2 aromatic rings. The number of aromatic nitrogens is 1. The Morgan fingerprint density at radius 3 is 2.39 bits per heavy atom. The number of benzene rings is 1. The molecule has 5 rings (SSSR count). The number of rotatable bonds is 3. The Labute approximate surface area is 193 Å². The zero-order valence-electron chi connectivity index (χ0n) is 19.4. The van der Waals surface area contributed by atoms with Crippen LogP contribution in [0.4, 0.5) is 9.18 Å². The van der Waals surface area contributed by atoms with Gasteiger partial charge >= 0.3 is 6.03 Å². The summed E-state index contributed by atoms with van der Waals surface area (Å²) in [6.07, 6.45) is 5.34. The molecule has 2 saturated heterocycles. The second kappa shape index (κ2) is 9.43. The maximum absolute atomic E-state index is 14.0. The molecule has 8 heteroatoms. The van der Waals surface area contributed by atoms with Crippen molar-refractivity contribution < 1.29 is 9.18 Å². The van der Waals surface area contributed by atoms with Gasteiger partial charge in [-0.25, -0.2) is 9.18 Å². The SMILES string of the molecule is CNC(=O)N1CCC(N2CCN(C3CCC(c4cc5cccc(F)c5c(=O)[nH]4)C3)CC2)CC1. The Morgan fingerprint density at radius 1 is 1.00 bits per heavy atom. The second-order valence-corrected chi connectivity index (χ2v) is 9.77. The first-order chi connectivity index (χ1) is 16.0. The van der Waals surface area contributed by atoms with E-state index in [0.717, 1.165) is 77.1 Å². The van der Waals surface area contributed by atoms with Gasteiger partial charge in [0.25, 0.3) is 5.56 Å². The lowest BCUT2D eigenvalue weighted by molar-refractivity contribution is 0.0483. The molecule has 3 fully saturated rings. The van der Waals surface area contributed by atoms with Crippen molar-refractivity contribution in [3.05, 3.63) is 46.1 Å². The van der Waals surface area contributed by atoms with Crippen molar-refractivity contribution in [2.75, 3.05) is 46.3 Å². The zero-order chi connectivity index (χ0) is 22.9. The highest BCUT2D eigenvalue weighted by Gasteiger charge is 2.34. The smallest absolute Gasteiger partial charge is 0.317 e. The molecular formula is C25H34FN5O2. The number of nitrogens with one attached hydrogen (secondary N) is 2. The molecule has 2 unspecified atom stereocenters. The number of carbonyl (C=O) groups is 1. The number of hydrogen-bond donors (Lipinski definition) is 2. The van der Waals surface area contributed by atoms with Crippen LogP contribution in [-0.2, 0) is 0 Å². The lowest BCUT2D eigenvalue weighted by Crippen LogP contribution is -2.55. The number of carbonyl (C=O) groups excluding carboxylic acids is 1. The predicted octanol–water partition coefficient (Wildman–Crippen LogP) is 2.72. The van der Waals surface area contributed by atoms with Gasteiger partial charge in [0, 0.05) is 70.0 Å². The maximum Gasteiger partial charge on any atom is 0.317 e. The van der Waals surface area contributed by atoms with E-state index in [9.17, 15) is 14.0 Å². The summed E-state index contributed by atoms with van der Waals surface area (Å²) in [6.45, 7) is 5.99. The highest BCUT2D eigenvalue weighted by atomic mass is 19.1. The number of amides is 2. The minimum Gasteiger partial charge on any atom is -0.341 e. The summed E-state index contributed by atoms with van der Waals surface area (Å²) in [5.74, 6) is -0.135. The number of fused-ring (bicyclic) bond motifs is 1. The molecule has 7 nitrogen and oxygen atoms in total. The minimum absolute atomic E-state index is 0.0342. The Bertz CT molecular complexity index is 1060. The van der Waals surface area contributed by atoms with Crippen LogP contribution in [-0.4, -0.2) is 84.1 Å². The van der Waals surface area contributed by atoms with Crippen LogP contribution < -0.4 is 10.9 Å². The number of piperidine rings is 1. The van der Waals surface area contributed by atoms with Gasteiger partial charge in [-0.2, -0.15) is 0 Å². The summed E-state index contributed by atoms with van der Waals surface area (Å²) >= 11 is 0. The van der Waals surface area contributed by atoms with E-state index >= 15 is 0 Å². The summed E-state index contributed by atoms with van der Waals surface area (Å²) in [6, 6.07) is 7.95. The molecule has 3 heterocycles. The van der Waals surface area contributed by atoms with Crippen LogP contribution in [0.5, 0.6) is 0 Å². The number of likely N-dealkylation sites (tertiary alicyclic amines) is 1. The number of urea groups is 1. The van der Waals surface area contributed by atoms with Gasteiger partial charge in [0.05, 0.1) is 5.39 Å². The summed E-state index contributed by atoms with van der Waals surface area (Å²) in [7, 11) is 1.69. The third kappa shape index (κ3) is 4.51. The Kier molecular flexibility index (Phi) is 6.38. The monoisotopic (exact) mass is 455 g/mol. The van der Waals surface area contributed by atoms with Gasteiger partial charge in [-0.05, 0) is 49.6 Å². The topological polar surface area (TPSA) is 71.7 Å². The van der Waals surface area contributed by atoms with E-state index in [2.05, 4.69) is 20.1 Å². The molecule has 2 aliphatic heterocycles. The standard InChI is InChI=1S/C25H34FN5O2/c1-27-25(33)31-9-7-19(8-10-31)29-11-13-30(14-12-29)20-6-5-17(15-20)22-16-18-3-2-4-21(26)23(18)24(32)28-22/h2-4,16-17,19-20H,5-15H2,1H3,(H,27,33)(H,28,32). The van der Waals surface area contributed by atoms with E-state index in [1.165, 1.54) is 6.07 Å². The number of hydrogen-bond acceptors (Lipinski definition) is 4. The van der Waals surface area contributed by atoms with Gasteiger partial charge in [0.2, 0.25) is 0 Å². The van der Waals surface area contributed by atoms with Crippen LogP contribution in [0.2, 0.25) is 0 Å². The van der Waals surface area contributed by atoms with Crippen LogP contribution in [0.15, 0.2) is 29.1 Å². The molecule has 2 amide bonds. The van der Waals surface area contributed by atoms with E-state index in [1.54, 1.807) is 13.1 Å². The van der Waals surface area contributed by atoms with Crippen molar-refractivity contribution in [3.8, 4) is 0 Å². The third-order valence-electron chi connectivity index (χ3n) is 8.03. The predicted molar refractivity (Wildman–Crippen MR) is 127 cm³/mol. The second-order valence-electron chi connectivity index (χ2n) is 9.77. The first-order valence-electron chi connectivity index (χ1n) is 12.3. The molecule has 1 aliphatic carbocycles. The van der Waals surface area contributed by atoms with Crippen LogP contribution in [0.1, 0.15) is 43.7 Å². The number of H-pyrrole nitrogens is 1. The molecule has 178 valence electrons. The maximum atomic E-state index is 14.0. The van der Waals surface area contributed by atoms with E-state index in [-0.39, 0.29) is 17.0 Å². The highest BCUT2D eigenvalue weighted by molar-refractivity contribution is 5.82. The number of halogens is 1. The third-order valence-corrected chi connectivity index (χ3v) is 8.03. The molecule has 1 saturated carbocycles. The van der Waals surface area contributed by atoms with E-state index < -0.39 is 5.82 Å². The van der Waals surface area contributed by atoms with Crippen molar-refractivity contribution in [2.45, 2.75) is 50.1 Å². The largest absolute Gasteiger partial charge is 0.341 e. The molecular weight excluding hydrogens is 421 g/mol. The normalized spacial score (nSPS) is 25.6. The molecule has 3 aliphatic rings. The summed E-state index contributed by atoms with van der Waals surface area (Å²) in [5.41, 5.74) is 0.627. The first-order valence-corrected chi connectivity index (χ1v) is 12.3. The van der Waals surface area contributed by atoms with Crippen molar-refractivity contribution in [1.82, 2.24) is 25.0 Å². The molecule has 2 N–H and O–H groups in total. The Morgan fingerprint density at radius 2 is 1.70 bits per heavy atom. The van der Waals surface area contributed by atoms with E-state index in [4.69, 9.17) is 0 Å². The molecule has 0 radical (unpaired) electrons. The molecule has 2 atom stereocenters. The Hall–Kier alpha value is -2.45. The lowest BCUT2D eigenvalue weighted by Gasteiger charge is -2.44. The highest BCUT2D eigenvalue weighted by Crippen LogP contribution is 2.37. The van der Waals surface area contributed by atoms with E-state index in [0.29, 0.717) is 23.4 Å². The summed E-state index contributed by atoms with van der Waals surface area (Å²) in [4.78, 5) is 34.4. The van der Waals surface area contributed by atoms with Crippen molar-refractivity contribution in [3.63, 3.8) is 0 Å². The number of nitrogens with zero attached hydrogens (tertiary/aromatic N) is 3. The molecule has 0 bridgehead atoms. The van der Waals surface area contributed by atoms with E-state index in [1.807, 2.05) is 17.0 Å². The zero-order valence-corrected chi connectivity index (χ0v) is 19.4. The number of aromatic amines is 1. The van der Waals surface area contributed by atoms with Crippen molar-refractivity contribution >= 4 is 16.8 Å².